The molecule has 0 fully saturated rings. The van der Waals surface area contributed by atoms with Crippen LogP contribution in [0.15, 0.2) is 42.5 Å². The summed E-state index contributed by atoms with van der Waals surface area (Å²) in [4.78, 5) is 25.6. The molecule has 132 valence electrons. The maximum Gasteiger partial charge on any atom is 0.322 e. The van der Waals surface area contributed by atoms with E-state index in [1.165, 1.54) is 11.0 Å². The van der Waals surface area contributed by atoms with Gasteiger partial charge in [-0.1, -0.05) is 18.2 Å². The highest BCUT2D eigenvalue weighted by Gasteiger charge is 2.20. The van der Waals surface area contributed by atoms with Gasteiger partial charge in [-0.25, -0.2) is 9.18 Å². The molecule has 0 aliphatic heterocycles. The van der Waals surface area contributed by atoms with Crippen LogP contribution < -0.4 is 10.6 Å². The van der Waals surface area contributed by atoms with Gasteiger partial charge >= 0.3 is 6.03 Å². The largest absolute Gasteiger partial charge is 0.355 e. The van der Waals surface area contributed by atoms with Gasteiger partial charge in [0.15, 0.2) is 0 Å². The van der Waals surface area contributed by atoms with E-state index in [0.717, 1.165) is 5.56 Å². The van der Waals surface area contributed by atoms with Crippen LogP contribution in [0.1, 0.15) is 34.5 Å². The van der Waals surface area contributed by atoms with Gasteiger partial charge in [0.2, 0.25) is 0 Å². The lowest BCUT2D eigenvalue weighted by molar-refractivity contribution is 0.0963. The number of nitrogens with one attached hydrogen (secondary N) is 2. The molecular weight excluding hydrogens is 321 g/mol. The quantitative estimate of drug-likeness (QED) is 0.889. The van der Waals surface area contributed by atoms with Gasteiger partial charge in [-0.2, -0.15) is 0 Å². The van der Waals surface area contributed by atoms with Crippen molar-refractivity contribution in [1.29, 1.82) is 0 Å². The van der Waals surface area contributed by atoms with Crippen molar-refractivity contribution >= 4 is 17.6 Å². The van der Waals surface area contributed by atoms with E-state index in [9.17, 15) is 14.0 Å². The third-order valence-electron chi connectivity index (χ3n) is 4.21. The second kappa shape index (κ2) is 7.79. The Morgan fingerprint density at radius 2 is 1.84 bits per heavy atom. The minimum absolute atomic E-state index is 0.189. The van der Waals surface area contributed by atoms with Gasteiger partial charge in [0.25, 0.3) is 5.91 Å². The molecule has 0 radical (unpaired) electrons. The molecule has 0 unspecified atom stereocenters. The van der Waals surface area contributed by atoms with Crippen LogP contribution in [-0.2, 0) is 0 Å². The Labute approximate surface area is 146 Å². The highest BCUT2D eigenvalue weighted by atomic mass is 19.1. The van der Waals surface area contributed by atoms with Gasteiger partial charge in [-0.15, -0.1) is 0 Å². The minimum atomic E-state index is -0.424. The van der Waals surface area contributed by atoms with E-state index in [4.69, 9.17) is 0 Å². The SMILES string of the molecule is CNC(=O)c1ccc(NC(=O)N(C)[C@@H](C)c2ccccc2F)c(C)c1. The summed E-state index contributed by atoms with van der Waals surface area (Å²) in [5, 5.41) is 5.35. The summed E-state index contributed by atoms with van der Waals surface area (Å²) in [5.74, 6) is -0.535. The summed E-state index contributed by atoms with van der Waals surface area (Å²) in [6.07, 6.45) is 0. The van der Waals surface area contributed by atoms with E-state index < -0.39 is 6.04 Å². The number of amides is 3. The number of anilines is 1. The molecule has 3 amide bonds. The summed E-state index contributed by atoms with van der Waals surface area (Å²) in [6, 6.07) is 10.6. The maximum absolute atomic E-state index is 13.9. The normalized spacial score (nSPS) is 11.6. The Hall–Kier alpha value is -2.89. The van der Waals surface area contributed by atoms with Crippen LogP contribution in [0.2, 0.25) is 0 Å². The summed E-state index contributed by atoms with van der Waals surface area (Å²) < 4.78 is 13.9. The third kappa shape index (κ3) is 4.15. The lowest BCUT2D eigenvalue weighted by atomic mass is 10.1. The molecule has 0 heterocycles. The van der Waals surface area contributed by atoms with Crippen molar-refractivity contribution in [3.63, 3.8) is 0 Å². The molecule has 0 aromatic heterocycles. The Morgan fingerprint density at radius 3 is 2.44 bits per heavy atom. The molecule has 2 aromatic rings. The Bertz CT molecular complexity index is 792. The zero-order valence-corrected chi connectivity index (χ0v) is 14.8. The van der Waals surface area contributed by atoms with Crippen molar-refractivity contribution in [1.82, 2.24) is 10.2 Å². The molecule has 0 bridgehead atoms. The molecule has 0 aliphatic rings. The maximum atomic E-state index is 13.9. The van der Waals surface area contributed by atoms with E-state index in [1.54, 1.807) is 57.4 Å². The first-order valence-corrected chi connectivity index (χ1v) is 7.96. The second-order valence-corrected chi connectivity index (χ2v) is 5.85. The van der Waals surface area contributed by atoms with E-state index in [2.05, 4.69) is 10.6 Å². The highest BCUT2D eigenvalue weighted by molar-refractivity contribution is 5.96. The van der Waals surface area contributed by atoms with Gasteiger partial charge < -0.3 is 15.5 Å². The number of aryl methyl sites for hydroxylation is 1. The lowest BCUT2D eigenvalue weighted by Crippen LogP contribution is -2.34. The predicted octanol–water partition coefficient (Wildman–Crippen LogP) is 3.72. The van der Waals surface area contributed by atoms with Crippen molar-refractivity contribution in [3.8, 4) is 0 Å². The van der Waals surface area contributed by atoms with Crippen LogP contribution >= 0.6 is 0 Å². The van der Waals surface area contributed by atoms with Crippen LogP contribution in [0, 0.1) is 12.7 Å². The van der Waals surface area contributed by atoms with E-state index >= 15 is 0 Å². The highest BCUT2D eigenvalue weighted by Crippen LogP contribution is 2.23. The van der Waals surface area contributed by atoms with E-state index in [0.29, 0.717) is 16.8 Å². The molecule has 6 heteroatoms. The molecule has 0 saturated heterocycles. The fourth-order valence-electron chi connectivity index (χ4n) is 2.49. The number of halogens is 1. The molecule has 2 rings (SSSR count). The number of benzene rings is 2. The van der Waals surface area contributed by atoms with Crippen molar-refractivity contribution in [2.45, 2.75) is 19.9 Å². The number of carbonyl (C=O) groups is 2. The van der Waals surface area contributed by atoms with Crippen molar-refractivity contribution in [3.05, 3.63) is 65.0 Å². The topological polar surface area (TPSA) is 61.4 Å². The predicted molar refractivity (Wildman–Crippen MR) is 96.2 cm³/mol. The minimum Gasteiger partial charge on any atom is -0.355 e. The molecule has 0 aliphatic carbocycles. The lowest BCUT2D eigenvalue weighted by Gasteiger charge is -2.26. The zero-order chi connectivity index (χ0) is 18.6. The van der Waals surface area contributed by atoms with Gasteiger partial charge in [-0.05, 0) is 43.7 Å². The summed E-state index contributed by atoms with van der Waals surface area (Å²) >= 11 is 0. The number of hydrogen-bond acceptors (Lipinski definition) is 2. The monoisotopic (exact) mass is 343 g/mol. The summed E-state index contributed by atoms with van der Waals surface area (Å²) in [6.45, 7) is 3.57. The third-order valence-corrected chi connectivity index (χ3v) is 4.21. The summed E-state index contributed by atoms with van der Waals surface area (Å²) in [7, 11) is 3.17. The number of carbonyl (C=O) groups excluding carboxylic acids is 2. The van der Waals surface area contributed by atoms with Gasteiger partial charge in [0.1, 0.15) is 5.82 Å². The standard InChI is InChI=1S/C19H22FN3O2/c1-12-11-14(18(24)21-3)9-10-17(12)22-19(25)23(4)13(2)15-7-5-6-8-16(15)20/h5-11,13H,1-4H3,(H,21,24)(H,22,25)/t13-/m0/s1. The van der Waals surface area contributed by atoms with Gasteiger partial charge in [-0.3, -0.25) is 4.79 Å². The Kier molecular flexibility index (Phi) is 5.75. The number of rotatable bonds is 4. The average molecular weight is 343 g/mol. The molecule has 2 N–H and O–H groups in total. The number of hydrogen-bond donors (Lipinski definition) is 2. The van der Waals surface area contributed by atoms with Gasteiger partial charge in [0, 0.05) is 30.9 Å². The first-order chi connectivity index (χ1) is 11.8. The van der Waals surface area contributed by atoms with Crippen molar-refractivity contribution < 1.29 is 14.0 Å². The number of nitrogens with zero attached hydrogens (tertiary/aromatic N) is 1. The molecule has 0 spiro atoms. The Morgan fingerprint density at radius 1 is 1.16 bits per heavy atom. The van der Waals surface area contributed by atoms with Crippen LogP contribution in [0.4, 0.5) is 14.9 Å². The Balaban J connectivity index is 2.13. The smallest absolute Gasteiger partial charge is 0.322 e. The zero-order valence-electron chi connectivity index (χ0n) is 14.8. The van der Waals surface area contributed by atoms with E-state index in [-0.39, 0.29) is 17.8 Å². The first-order valence-electron chi connectivity index (χ1n) is 7.96. The first kappa shape index (κ1) is 18.4. The molecule has 1 atom stereocenters. The molecular formula is C19H22FN3O2. The number of urea groups is 1. The van der Waals surface area contributed by atoms with Crippen LogP contribution in [0.3, 0.4) is 0 Å². The molecule has 25 heavy (non-hydrogen) atoms. The average Bonchev–Trinajstić information content (AvgIpc) is 2.61. The van der Waals surface area contributed by atoms with Crippen molar-refractivity contribution in [2.24, 2.45) is 0 Å². The van der Waals surface area contributed by atoms with Crippen LogP contribution in [-0.4, -0.2) is 30.9 Å². The molecule has 2 aromatic carbocycles. The van der Waals surface area contributed by atoms with Crippen LogP contribution in [0.25, 0.3) is 0 Å². The van der Waals surface area contributed by atoms with E-state index in [1.807, 2.05) is 6.92 Å². The summed E-state index contributed by atoms with van der Waals surface area (Å²) in [5.41, 5.74) is 2.34. The molecule has 5 nitrogen and oxygen atoms in total. The van der Waals surface area contributed by atoms with Crippen molar-refractivity contribution in [2.75, 3.05) is 19.4 Å². The fourth-order valence-corrected chi connectivity index (χ4v) is 2.49. The second-order valence-electron chi connectivity index (χ2n) is 5.85. The van der Waals surface area contributed by atoms with Gasteiger partial charge in [0.05, 0.1) is 6.04 Å². The molecule has 0 saturated carbocycles. The van der Waals surface area contributed by atoms with Crippen LogP contribution in [0.5, 0.6) is 0 Å². The fraction of sp³-hybridized carbons (Fsp3) is 0.263.